The summed E-state index contributed by atoms with van der Waals surface area (Å²) in [5.41, 5.74) is 0.891. The van der Waals surface area contributed by atoms with Crippen LogP contribution in [0.2, 0.25) is 0 Å². The number of alkyl halides is 3. The van der Waals surface area contributed by atoms with Crippen molar-refractivity contribution in [1.82, 2.24) is 4.98 Å². The number of hydrogen-bond acceptors (Lipinski definition) is 2. The van der Waals surface area contributed by atoms with Crippen molar-refractivity contribution < 1.29 is 13.2 Å². The predicted octanol–water partition coefficient (Wildman–Crippen LogP) is 4.45. The zero-order chi connectivity index (χ0) is 12.6. The van der Waals surface area contributed by atoms with Crippen molar-refractivity contribution in [2.24, 2.45) is 0 Å². The number of pyridine rings is 1. The smallest absolute Gasteiger partial charge is 0.263 e. The summed E-state index contributed by atoms with van der Waals surface area (Å²) in [7, 11) is 0. The summed E-state index contributed by atoms with van der Waals surface area (Å²) >= 11 is 1.48. The first-order valence-corrected chi connectivity index (χ1v) is 5.79. The standard InChI is InChI=1S/C12H10F3NS/c1-7-3-11(17-8(7)2)9-4-10(6-16-5-9)12(13,14)15/h3-6H,1-2H3. The van der Waals surface area contributed by atoms with E-state index in [-0.39, 0.29) is 0 Å². The van der Waals surface area contributed by atoms with Gasteiger partial charge in [-0.25, -0.2) is 0 Å². The monoisotopic (exact) mass is 257 g/mol. The average Bonchev–Trinajstić information content (AvgIpc) is 2.58. The van der Waals surface area contributed by atoms with E-state index in [1.54, 1.807) is 0 Å². The molecule has 2 heterocycles. The van der Waals surface area contributed by atoms with Crippen molar-refractivity contribution in [3.63, 3.8) is 0 Å². The lowest BCUT2D eigenvalue weighted by Crippen LogP contribution is -2.05. The van der Waals surface area contributed by atoms with Gasteiger partial charge >= 0.3 is 6.18 Å². The molecule has 0 unspecified atom stereocenters. The first-order valence-electron chi connectivity index (χ1n) is 4.97. The molecule has 0 amide bonds. The normalized spacial score (nSPS) is 11.8. The molecule has 0 radical (unpaired) electrons. The van der Waals surface area contributed by atoms with E-state index in [2.05, 4.69) is 4.98 Å². The summed E-state index contributed by atoms with van der Waals surface area (Å²) < 4.78 is 37.6. The summed E-state index contributed by atoms with van der Waals surface area (Å²) in [6, 6.07) is 3.02. The fourth-order valence-corrected chi connectivity index (χ4v) is 2.46. The topological polar surface area (TPSA) is 12.9 Å². The molecule has 0 bridgehead atoms. The highest BCUT2D eigenvalue weighted by Crippen LogP contribution is 2.34. The summed E-state index contributed by atoms with van der Waals surface area (Å²) in [6.07, 6.45) is -2.04. The van der Waals surface area contributed by atoms with Gasteiger partial charge in [-0.15, -0.1) is 11.3 Å². The van der Waals surface area contributed by atoms with Gasteiger partial charge in [0.25, 0.3) is 0 Å². The van der Waals surface area contributed by atoms with Crippen LogP contribution in [-0.2, 0) is 6.18 Å². The van der Waals surface area contributed by atoms with Gasteiger partial charge in [-0.05, 0) is 31.5 Å². The van der Waals surface area contributed by atoms with Crippen LogP contribution in [0.1, 0.15) is 16.0 Å². The van der Waals surface area contributed by atoms with Gasteiger partial charge in [-0.1, -0.05) is 0 Å². The molecular weight excluding hydrogens is 247 g/mol. The lowest BCUT2D eigenvalue weighted by molar-refractivity contribution is -0.137. The zero-order valence-electron chi connectivity index (χ0n) is 9.30. The van der Waals surface area contributed by atoms with Crippen LogP contribution in [0, 0.1) is 13.8 Å². The van der Waals surface area contributed by atoms with Crippen molar-refractivity contribution in [1.29, 1.82) is 0 Å². The third-order valence-electron chi connectivity index (χ3n) is 2.52. The van der Waals surface area contributed by atoms with Gasteiger partial charge in [-0.3, -0.25) is 4.98 Å². The molecule has 0 aliphatic carbocycles. The fourth-order valence-electron chi connectivity index (χ4n) is 1.45. The SMILES string of the molecule is Cc1cc(-c2cncc(C(F)(F)F)c2)sc1C. The predicted molar refractivity (Wildman–Crippen MR) is 62.0 cm³/mol. The minimum atomic E-state index is -4.34. The number of halogens is 3. The van der Waals surface area contributed by atoms with E-state index in [0.29, 0.717) is 5.56 Å². The number of aryl methyl sites for hydroxylation is 2. The lowest BCUT2D eigenvalue weighted by Gasteiger charge is -2.06. The molecular formula is C12H10F3NS. The molecule has 2 rings (SSSR count). The van der Waals surface area contributed by atoms with Crippen LogP contribution in [0.15, 0.2) is 24.5 Å². The minimum Gasteiger partial charge on any atom is -0.263 e. The maximum Gasteiger partial charge on any atom is 0.417 e. The molecule has 0 saturated carbocycles. The van der Waals surface area contributed by atoms with E-state index < -0.39 is 11.7 Å². The van der Waals surface area contributed by atoms with Crippen molar-refractivity contribution in [2.75, 3.05) is 0 Å². The van der Waals surface area contributed by atoms with Crippen LogP contribution in [-0.4, -0.2) is 4.98 Å². The van der Waals surface area contributed by atoms with E-state index >= 15 is 0 Å². The highest BCUT2D eigenvalue weighted by Gasteiger charge is 2.31. The lowest BCUT2D eigenvalue weighted by atomic mass is 10.1. The summed E-state index contributed by atoms with van der Waals surface area (Å²) in [5.74, 6) is 0. The van der Waals surface area contributed by atoms with Crippen LogP contribution in [0.3, 0.4) is 0 Å². The minimum absolute atomic E-state index is 0.515. The first kappa shape index (κ1) is 12.1. The Kier molecular flexibility index (Phi) is 2.95. The Morgan fingerprint density at radius 3 is 2.35 bits per heavy atom. The van der Waals surface area contributed by atoms with E-state index in [9.17, 15) is 13.2 Å². The van der Waals surface area contributed by atoms with Gasteiger partial charge in [-0.2, -0.15) is 13.2 Å². The summed E-state index contributed by atoms with van der Waals surface area (Å²) in [6.45, 7) is 3.89. The molecule has 17 heavy (non-hydrogen) atoms. The number of rotatable bonds is 1. The number of aromatic nitrogens is 1. The molecule has 2 aromatic rings. The van der Waals surface area contributed by atoms with Crippen LogP contribution in [0.5, 0.6) is 0 Å². The van der Waals surface area contributed by atoms with Crippen LogP contribution >= 0.6 is 11.3 Å². The highest BCUT2D eigenvalue weighted by molar-refractivity contribution is 7.15. The molecule has 0 fully saturated rings. The van der Waals surface area contributed by atoms with Gasteiger partial charge in [0.1, 0.15) is 0 Å². The highest BCUT2D eigenvalue weighted by atomic mass is 32.1. The van der Waals surface area contributed by atoms with Gasteiger partial charge in [0.15, 0.2) is 0 Å². The second-order valence-electron chi connectivity index (χ2n) is 3.81. The molecule has 0 spiro atoms. The summed E-state index contributed by atoms with van der Waals surface area (Å²) in [5, 5.41) is 0. The first-order chi connectivity index (χ1) is 7.88. The second-order valence-corrected chi connectivity index (χ2v) is 5.07. The van der Waals surface area contributed by atoms with Crippen molar-refractivity contribution in [3.05, 3.63) is 40.5 Å². The van der Waals surface area contributed by atoms with E-state index in [0.717, 1.165) is 27.6 Å². The Morgan fingerprint density at radius 2 is 1.82 bits per heavy atom. The molecule has 0 N–H and O–H groups in total. The third-order valence-corrected chi connectivity index (χ3v) is 3.72. The van der Waals surface area contributed by atoms with Crippen LogP contribution in [0.4, 0.5) is 13.2 Å². The molecule has 1 nitrogen and oxygen atoms in total. The third kappa shape index (κ3) is 2.49. The van der Waals surface area contributed by atoms with Crippen LogP contribution in [0.25, 0.3) is 10.4 Å². The van der Waals surface area contributed by atoms with E-state index in [1.807, 2.05) is 19.9 Å². The maximum atomic E-state index is 12.5. The Hall–Kier alpha value is -1.36. The van der Waals surface area contributed by atoms with Crippen molar-refractivity contribution in [3.8, 4) is 10.4 Å². The second kappa shape index (κ2) is 4.14. The molecule has 0 aliphatic heterocycles. The maximum absolute atomic E-state index is 12.5. The molecule has 0 aliphatic rings. The van der Waals surface area contributed by atoms with E-state index in [4.69, 9.17) is 0 Å². The van der Waals surface area contributed by atoms with Crippen LogP contribution < -0.4 is 0 Å². The van der Waals surface area contributed by atoms with E-state index in [1.165, 1.54) is 17.5 Å². The Labute approximate surface area is 101 Å². The Balaban J connectivity index is 2.47. The summed E-state index contributed by atoms with van der Waals surface area (Å²) in [4.78, 5) is 5.58. The van der Waals surface area contributed by atoms with Crippen molar-refractivity contribution >= 4 is 11.3 Å². The van der Waals surface area contributed by atoms with Gasteiger partial charge in [0.05, 0.1) is 5.56 Å². The largest absolute Gasteiger partial charge is 0.417 e. The molecule has 0 saturated heterocycles. The molecule has 2 aromatic heterocycles. The van der Waals surface area contributed by atoms with Crippen molar-refractivity contribution in [2.45, 2.75) is 20.0 Å². The molecule has 0 aromatic carbocycles. The molecule has 90 valence electrons. The fraction of sp³-hybridized carbons (Fsp3) is 0.250. The Morgan fingerprint density at radius 1 is 1.12 bits per heavy atom. The number of hydrogen-bond donors (Lipinski definition) is 0. The molecule has 5 heteroatoms. The molecule has 0 atom stereocenters. The van der Waals surface area contributed by atoms with Gasteiger partial charge in [0, 0.05) is 27.7 Å². The van der Waals surface area contributed by atoms with Gasteiger partial charge < -0.3 is 0 Å². The Bertz CT molecular complexity index is 523. The van der Waals surface area contributed by atoms with Gasteiger partial charge in [0.2, 0.25) is 0 Å². The number of nitrogens with zero attached hydrogens (tertiary/aromatic N) is 1. The number of thiophene rings is 1. The zero-order valence-corrected chi connectivity index (χ0v) is 10.1. The quantitative estimate of drug-likeness (QED) is 0.735. The average molecular weight is 257 g/mol.